The van der Waals surface area contributed by atoms with E-state index in [0.717, 1.165) is 54.4 Å². The average molecular weight is 552 g/mol. The first-order valence-electron chi connectivity index (χ1n) is 14.7. The molecule has 0 aliphatic rings. The van der Waals surface area contributed by atoms with Crippen molar-refractivity contribution in [3.8, 4) is 0 Å². The number of hydrogen-bond donors (Lipinski definition) is 2. The van der Waals surface area contributed by atoms with Crippen LogP contribution in [0.2, 0.25) is 0 Å². The van der Waals surface area contributed by atoms with E-state index in [1.807, 2.05) is 62.4 Å². The lowest BCUT2D eigenvalue weighted by molar-refractivity contribution is -0.142. The van der Waals surface area contributed by atoms with Crippen LogP contribution >= 0.6 is 0 Å². The molecular formula is C33H49N3O4. The van der Waals surface area contributed by atoms with E-state index in [4.69, 9.17) is 4.74 Å². The van der Waals surface area contributed by atoms with Crippen molar-refractivity contribution in [1.29, 1.82) is 0 Å². The van der Waals surface area contributed by atoms with Crippen LogP contribution in [-0.4, -0.2) is 47.5 Å². The molecule has 0 saturated heterocycles. The topological polar surface area (TPSA) is 87.7 Å². The van der Waals surface area contributed by atoms with Crippen molar-refractivity contribution in [2.75, 3.05) is 13.1 Å². The zero-order chi connectivity index (χ0) is 29.7. The quantitative estimate of drug-likeness (QED) is 0.265. The van der Waals surface area contributed by atoms with Crippen molar-refractivity contribution in [3.63, 3.8) is 0 Å². The van der Waals surface area contributed by atoms with Gasteiger partial charge in [0.25, 0.3) is 0 Å². The predicted octanol–water partition coefficient (Wildman–Crippen LogP) is 6.42. The van der Waals surface area contributed by atoms with Gasteiger partial charge in [-0.2, -0.15) is 0 Å². The van der Waals surface area contributed by atoms with Gasteiger partial charge in [-0.3, -0.25) is 9.59 Å². The minimum absolute atomic E-state index is 0.204. The van der Waals surface area contributed by atoms with Gasteiger partial charge in [-0.15, -0.1) is 0 Å². The summed E-state index contributed by atoms with van der Waals surface area (Å²) in [6.07, 6.45) is 4.14. The molecule has 0 saturated carbocycles. The Kier molecular flexibility index (Phi) is 13.2. The molecule has 2 N–H and O–H groups in total. The second-order valence-corrected chi connectivity index (χ2v) is 11.5. The number of alkyl carbamates (subject to hydrolysis) is 1. The third-order valence-corrected chi connectivity index (χ3v) is 6.68. The zero-order valence-corrected chi connectivity index (χ0v) is 25.5. The van der Waals surface area contributed by atoms with Gasteiger partial charge in [0.1, 0.15) is 17.7 Å². The summed E-state index contributed by atoms with van der Waals surface area (Å²) >= 11 is 0. The molecule has 0 fully saturated rings. The molecule has 40 heavy (non-hydrogen) atoms. The highest BCUT2D eigenvalue weighted by atomic mass is 16.6. The van der Waals surface area contributed by atoms with Gasteiger partial charge < -0.3 is 20.3 Å². The number of benzene rings is 2. The highest BCUT2D eigenvalue weighted by Crippen LogP contribution is 2.28. The van der Waals surface area contributed by atoms with Gasteiger partial charge in [-0.05, 0) is 64.2 Å². The number of rotatable bonds is 14. The van der Waals surface area contributed by atoms with E-state index in [1.54, 1.807) is 25.7 Å². The third kappa shape index (κ3) is 10.7. The molecule has 2 aromatic carbocycles. The van der Waals surface area contributed by atoms with E-state index in [2.05, 4.69) is 24.5 Å². The summed E-state index contributed by atoms with van der Waals surface area (Å²) in [5.74, 6) is -0.511. The predicted molar refractivity (Wildman–Crippen MR) is 161 cm³/mol. The molecule has 0 radical (unpaired) electrons. The van der Waals surface area contributed by atoms with Crippen LogP contribution in [0.15, 0.2) is 48.5 Å². The number of carbonyl (C=O) groups excluding carboxylic acids is 3. The smallest absolute Gasteiger partial charge is 0.408 e. The van der Waals surface area contributed by atoms with Gasteiger partial charge in [0.2, 0.25) is 11.8 Å². The summed E-state index contributed by atoms with van der Waals surface area (Å²) < 4.78 is 5.52. The third-order valence-electron chi connectivity index (χ3n) is 6.68. The molecular weight excluding hydrogens is 502 g/mol. The van der Waals surface area contributed by atoms with Crippen molar-refractivity contribution in [2.24, 2.45) is 0 Å². The number of unbranched alkanes of at least 4 members (excludes halogenated alkanes) is 3. The first-order valence-corrected chi connectivity index (χ1v) is 14.7. The molecule has 0 bridgehead atoms. The number of nitrogens with one attached hydrogen (secondary N) is 2. The zero-order valence-electron chi connectivity index (χ0n) is 25.5. The number of hydrogen-bond acceptors (Lipinski definition) is 4. The molecule has 0 heterocycles. The molecule has 0 aliphatic carbocycles. The van der Waals surface area contributed by atoms with Crippen molar-refractivity contribution < 1.29 is 19.1 Å². The molecule has 3 amide bonds. The molecule has 2 rings (SSSR count). The van der Waals surface area contributed by atoms with Gasteiger partial charge in [0, 0.05) is 19.5 Å². The Morgan fingerprint density at radius 1 is 0.925 bits per heavy atom. The van der Waals surface area contributed by atoms with E-state index in [1.165, 1.54) is 0 Å². The largest absolute Gasteiger partial charge is 0.444 e. The van der Waals surface area contributed by atoms with Gasteiger partial charge in [0.05, 0.1) is 0 Å². The number of amides is 3. The lowest BCUT2D eigenvalue weighted by atomic mass is 9.95. The highest BCUT2D eigenvalue weighted by Gasteiger charge is 2.36. The van der Waals surface area contributed by atoms with Crippen LogP contribution in [0.25, 0.3) is 0 Å². The van der Waals surface area contributed by atoms with E-state index in [9.17, 15) is 14.4 Å². The van der Waals surface area contributed by atoms with E-state index >= 15 is 0 Å². The first kappa shape index (κ1) is 32.9. The summed E-state index contributed by atoms with van der Waals surface area (Å²) in [5, 5.41) is 5.92. The SMILES string of the molecule is CCCCCNC(=O)C(c1cc(C)ccc1C)N(CCCC)C(=O)C(Cc1ccccc1)NC(=O)OC(C)(C)C. The first-order chi connectivity index (χ1) is 19.0. The maximum absolute atomic E-state index is 14.4. The fourth-order valence-corrected chi connectivity index (χ4v) is 4.58. The molecule has 7 heteroatoms. The number of nitrogens with zero attached hydrogens (tertiary/aromatic N) is 1. The second kappa shape index (κ2) is 16.0. The van der Waals surface area contributed by atoms with Crippen LogP contribution in [0, 0.1) is 13.8 Å². The number of carbonyl (C=O) groups is 3. The Bertz CT molecular complexity index is 1090. The average Bonchev–Trinajstić information content (AvgIpc) is 2.89. The Hall–Kier alpha value is -3.35. The fourth-order valence-electron chi connectivity index (χ4n) is 4.58. The van der Waals surface area contributed by atoms with Crippen molar-refractivity contribution in [1.82, 2.24) is 15.5 Å². The Labute approximate surface area is 241 Å². The maximum atomic E-state index is 14.4. The Balaban J connectivity index is 2.54. The van der Waals surface area contributed by atoms with Gasteiger partial charge in [-0.1, -0.05) is 87.2 Å². The number of ether oxygens (including phenoxy) is 1. The molecule has 220 valence electrons. The van der Waals surface area contributed by atoms with E-state index < -0.39 is 23.8 Å². The second-order valence-electron chi connectivity index (χ2n) is 11.5. The minimum atomic E-state index is -0.908. The van der Waals surface area contributed by atoms with E-state index in [0.29, 0.717) is 13.1 Å². The maximum Gasteiger partial charge on any atom is 0.408 e. The van der Waals surface area contributed by atoms with Gasteiger partial charge in [0.15, 0.2) is 0 Å². The monoisotopic (exact) mass is 551 g/mol. The van der Waals surface area contributed by atoms with Crippen LogP contribution in [-0.2, 0) is 20.7 Å². The van der Waals surface area contributed by atoms with E-state index in [-0.39, 0.29) is 18.2 Å². The van der Waals surface area contributed by atoms with Crippen molar-refractivity contribution in [2.45, 2.75) is 105 Å². The van der Waals surface area contributed by atoms with Crippen molar-refractivity contribution in [3.05, 3.63) is 70.8 Å². The molecule has 7 nitrogen and oxygen atoms in total. The van der Waals surface area contributed by atoms with Crippen LogP contribution < -0.4 is 10.6 Å². The lowest BCUT2D eigenvalue weighted by Gasteiger charge is -2.35. The standard InChI is InChI=1S/C33H49N3O4/c1-8-10-15-20-34-30(37)29(27-22-24(3)18-19-25(27)4)36(21-11-9-2)31(38)28(23-26-16-13-12-14-17-26)35-32(39)40-33(5,6)7/h12-14,16-19,22,28-29H,8-11,15,20-21,23H2,1-7H3,(H,34,37)(H,35,39). The summed E-state index contributed by atoms with van der Waals surface area (Å²) in [6, 6.07) is 13.8. The summed E-state index contributed by atoms with van der Waals surface area (Å²) in [6.45, 7) is 14.4. The highest BCUT2D eigenvalue weighted by molar-refractivity contribution is 5.92. The fraction of sp³-hybridized carbons (Fsp3) is 0.545. The molecule has 0 aromatic heterocycles. The molecule has 2 unspecified atom stereocenters. The van der Waals surface area contributed by atoms with Crippen LogP contribution in [0.3, 0.4) is 0 Å². The van der Waals surface area contributed by atoms with Gasteiger partial charge in [-0.25, -0.2) is 4.79 Å². The minimum Gasteiger partial charge on any atom is -0.444 e. The molecule has 0 aliphatic heterocycles. The number of aryl methyl sites for hydroxylation is 2. The molecule has 2 aromatic rings. The Morgan fingerprint density at radius 3 is 2.23 bits per heavy atom. The van der Waals surface area contributed by atoms with Crippen LogP contribution in [0.4, 0.5) is 4.79 Å². The van der Waals surface area contributed by atoms with Crippen LogP contribution in [0.1, 0.15) is 95.0 Å². The Morgan fingerprint density at radius 2 is 1.60 bits per heavy atom. The molecule has 0 spiro atoms. The summed E-state index contributed by atoms with van der Waals surface area (Å²) in [5.41, 5.74) is 2.94. The van der Waals surface area contributed by atoms with Crippen molar-refractivity contribution >= 4 is 17.9 Å². The van der Waals surface area contributed by atoms with Gasteiger partial charge >= 0.3 is 6.09 Å². The normalized spacial score (nSPS) is 12.8. The summed E-state index contributed by atoms with van der Waals surface area (Å²) in [7, 11) is 0. The summed E-state index contributed by atoms with van der Waals surface area (Å²) in [4.78, 5) is 42.8. The lowest BCUT2D eigenvalue weighted by Crippen LogP contribution is -2.54. The molecule has 2 atom stereocenters. The van der Waals surface area contributed by atoms with Crippen LogP contribution in [0.5, 0.6) is 0 Å².